The van der Waals surface area contributed by atoms with Gasteiger partial charge in [-0.1, -0.05) is 43.3 Å². The Kier molecular flexibility index (Phi) is 6.77. The maximum atomic E-state index is 13.6. The highest BCUT2D eigenvalue weighted by Crippen LogP contribution is 2.29. The Hall–Kier alpha value is -4.39. The molecule has 0 unspecified atom stereocenters. The van der Waals surface area contributed by atoms with E-state index in [2.05, 4.69) is 15.6 Å². The molecule has 2 aliphatic rings. The first-order valence-corrected chi connectivity index (χ1v) is 12.4. The summed E-state index contributed by atoms with van der Waals surface area (Å²) in [6, 6.07) is 20.2. The molecule has 4 bridgehead atoms. The molecule has 3 heterocycles. The van der Waals surface area contributed by atoms with Crippen LogP contribution in [0.4, 0.5) is 16.2 Å². The number of rotatable bonds is 2. The van der Waals surface area contributed by atoms with Crippen molar-refractivity contribution in [3.8, 4) is 0 Å². The number of anilines is 2. The largest absolute Gasteiger partial charge is 0.449 e. The molecule has 4 aromatic rings. The van der Waals surface area contributed by atoms with Crippen LogP contribution in [-0.4, -0.2) is 23.5 Å². The molecule has 0 aliphatic carbocycles. The summed E-state index contributed by atoms with van der Waals surface area (Å²) in [6.07, 6.45) is 1.95. The Morgan fingerprint density at radius 2 is 1.81 bits per heavy atom. The molecule has 7 heteroatoms. The zero-order valence-electron chi connectivity index (χ0n) is 20.8. The zero-order valence-corrected chi connectivity index (χ0v) is 20.8. The van der Waals surface area contributed by atoms with E-state index in [1.165, 1.54) is 0 Å². The Labute approximate surface area is 214 Å². The molecule has 3 aromatic carbocycles. The highest BCUT2D eigenvalue weighted by molar-refractivity contribution is 5.90. The number of nitrogens with one attached hydrogen (secondary N) is 3. The lowest BCUT2D eigenvalue weighted by Gasteiger charge is -2.22. The molecule has 0 saturated carbocycles. The van der Waals surface area contributed by atoms with Crippen LogP contribution in [0.15, 0.2) is 77.7 Å². The van der Waals surface area contributed by atoms with Gasteiger partial charge in [0.15, 0.2) is 5.78 Å². The first-order chi connectivity index (χ1) is 17.9. The molecule has 7 nitrogen and oxygen atoms in total. The molecule has 188 valence electrons. The standard InChI is InChI=1S/C30H29N3O4/c1-18-14-22-8-10-25(18)19(2)17-37-30(36)33-23-5-3-4-20(15-23)6-11-27(34)28(22)32-24-9-7-21-12-13-31-29(35)26(21)16-24/h3-5,7-10,12-16,19,28,32H,6,11,17H2,1-2H3,(H,31,35)(H,33,36)/t19-,28+/m0/s1. The number of ketones is 1. The van der Waals surface area contributed by atoms with Gasteiger partial charge in [0.1, 0.15) is 6.04 Å². The van der Waals surface area contributed by atoms with E-state index in [4.69, 9.17) is 4.74 Å². The number of aromatic nitrogens is 1. The summed E-state index contributed by atoms with van der Waals surface area (Å²) in [5, 5.41) is 7.57. The summed E-state index contributed by atoms with van der Waals surface area (Å²) in [6.45, 7) is 4.24. The van der Waals surface area contributed by atoms with Gasteiger partial charge in [0.2, 0.25) is 0 Å². The molecule has 6 rings (SSSR count). The SMILES string of the molecule is Cc1cc2ccc1[C@@H](C)COC(=O)Nc1cccc(c1)CCC(=O)[C@@H]2Nc1ccc2cc[nH]c(=O)c2c1. The van der Waals surface area contributed by atoms with E-state index in [0.29, 0.717) is 29.6 Å². The average molecular weight is 496 g/mol. The van der Waals surface area contributed by atoms with Crippen molar-refractivity contribution in [3.05, 3.63) is 106 Å². The third-order valence-corrected chi connectivity index (χ3v) is 6.86. The number of benzene rings is 3. The molecule has 1 aromatic heterocycles. The van der Waals surface area contributed by atoms with Crippen LogP contribution in [0.3, 0.4) is 0 Å². The maximum absolute atomic E-state index is 13.6. The number of pyridine rings is 1. The predicted octanol–water partition coefficient (Wildman–Crippen LogP) is 5.86. The molecular weight excluding hydrogens is 466 g/mol. The van der Waals surface area contributed by atoms with Crippen LogP contribution >= 0.6 is 0 Å². The van der Waals surface area contributed by atoms with E-state index in [1.807, 2.05) is 68.4 Å². The monoisotopic (exact) mass is 495 g/mol. The van der Waals surface area contributed by atoms with Gasteiger partial charge in [-0.3, -0.25) is 14.9 Å². The summed E-state index contributed by atoms with van der Waals surface area (Å²) >= 11 is 0. The van der Waals surface area contributed by atoms with Crippen LogP contribution in [0.1, 0.15) is 47.6 Å². The van der Waals surface area contributed by atoms with E-state index in [-0.39, 0.29) is 23.9 Å². The zero-order chi connectivity index (χ0) is 25.9. The van der Waals surface area contributed by atoms with E-state index < -0.39 is 12.1 Å². The van der Waals surface area contributed by atoms with Crippen molar-refractivity contribution in [1.29, 1.82) is 0 Å². The van der Waals surface area contributed by atoms with Crippen LogP contribution < -0.4 is 16.2 Å². The number of amides is 1. The number of Topliss-reactive ketones (excluding diaryl/α,β-unsaturated/α-hetero) is 1. The minimum absolute atomic E-state index is 0.0200. The quantitative estimate of drug-likeness (QED) is 0.324. The van der Waals surface area contributed by atoms with Crippen molar-refractivity contribution in [2.45, 2.75) is 38.6 Å². The second-order valence-electron chi connectivity index (χ2n) is 9.59. The fraction of sp³-hybridized carbons (Fsp3) is 0.233. The molecule has 0 radical (unpaired) electrons. The smallest absolute Gasteiger partial charge is 0.411 e. The molecule has 0 fully saturated rings. The molecule has 3 N–H and O–H groups in total. The summed E-state index contributed by atoms with van der Waals surface area (Å²) < 4.78 is 5.48. The van der Waals surface area contributed by atoms with Gasteiger partial charge in [0.25, 0.3) is 5.56 Å². The van der Waals surface area contributed by atoms with Gasteiger partial charge < -0.3 is 15.0 Å². The van der Waals surface area contributed by atoms with Crippen molar-refractivity contribution in [3.63, 3.8) is 0 Å². The minimum Gasteiger partial charge on any atom is -0.449 e. The van der Waals surface area contributed by atoms with E-state index in [9.17, 15) is 14.4 Å². The number of hydrogen-bond donors (Lipinski definition) is 3. The molecular formula is C30H29N3O4. The third-order valence-electron chi connectivity index (χ3n) is 6.86. The summed E-state index contributed by atoms with van der Waals surface area (Å²) in [7, 11) is 0. The van der Waals surface area contributed by atoms with Gasteiger partial charge in [-0.25, -0.2) is 4.79 Å². The first-order valence-electron chi connectivity index (χ1n) is 12.4. The van der Waals surface area contributed by atoms with Crippen molar-refractivity contribution in [2.24, 2.45) is 0 Å². The van der Waals surface area contributed by atoms with Gasteiger partial charge >= 0.3 is 6.09 Å². The lowest BCUT2D eigenvalue weighted by atomic mass is 9.91. The summed E-state index contributed by atoms with van der Waals surface area (Å²) in [5.41, 5.74) is 5.01. The van der Waals surface area contributed by atoms with Crippen molar-refractivity contribution < 1.29 is 14.3 Å². The van der Waals surface area contributed by atoms with Gasteiger partial charge in [-0.15, -0.1) is 0 Å². The van der Waals surface area contributed by atoms with Crippen LogP contribution in [0.2, 0.25) is 0 Å². The summed E-state index contributed by atoms with van der Waals surface area (Å²) in [5.74, 6) is 0.0143. The Morgan fingerprint density at radius 3 is 2.65 bits per heavy atom. The maximum Gasteiger partial charge on any atom is 0.411 e. The topological polar surface area (TPSA) is 100 Å². The minimum atomic E-state index is -0.588. The first kappa shape index (κ1) is 24.3. The summed E-state index contributed by atoms with van der Waals surface area (Å²) in [4.78, 5) is 41.0. The van der Waals surface area contributed by atoms with Gasteiger partial charge in [-0.05, 0) is 71.3 Å². The Morgan fingerprint density at radius 1 is 0.946 bits per heavy atom. The third kappa shape index (κ3) is 5.40. The average Bonchev–Trinajstić information content (AvgIpc) is 2.89. The fourth-order valence-electron chi connectivity index (χ4n) is 4.88. The lowest BCUT2D eigenvalue weighted by molar-refractivity contribution is -0.119. The van der Waals surface area contributed by atoms with E-state index in [1.54, 1.807) is 18.3 Å². The second-order valence-corrected chi connectivity index (χ2v) is 9.59. The van der Waals surface area contributed by atoms with Gasteiger partial charge in [0.05, 0.1) is 6.61 Å². The number of ether oxygens (including phenoxy) is 1. The molecule has 2 atom stereocenters. The van der Waals surface area contributed by atoms with Crippen LogP contribution in [0.5, 0.6) is 0 Å². The van der Waals surface area contributed by atoms with Crippen LogP contribution in [0.25, 0.3) is 10.8 Å². The van der Waals surface area contributed by atoms with Crippen LogP contribution in [0, 0.1) is 6.92 Å². The number of H-pyrrole nitrogens is 1. The van der Waals surface area contributed by atoms with Crippen LogP contribution in [-0.2, 0) is 16.0 Å². The molecule has 0 saturated heterocycles. The number of hydrogen-bond acceptors (Lipinski definition) is 5. The number of carbonyl (C=O) groups excluding carboxylic acids is 2. The highest BCUT2D eigenvalue weighted by Gasteiger charge is 2.23. The Bertz CT molecular complexity index is 1540. The highest BCUT2D eigenvalue weighted by atomic mass is 16.5. The van der Waals surface area contributed by atoms with Crippen molar-refractivity contribution >= 4 is 34.0 Å². The van der Waals surface area contributed by atoms with Crippen molar-refractivity contribution in [1.82, 2.24) is 4.98 Å². The molecule has 37 heavy (non-hydrogen) atoms. The number of carbonyl (C=O) groups is 2. The number of aromatic amines is 1. The Balaban J connectivity index is 1.52. The van der Waals surface area contributed by atoms with Crippen molar-refractivity contribution in [2.75, 3.05) is 17.2 Å². The van der Waals surface area contributed by atoms with Gasteiger partial charge in [-0.2, -0.15) is 0 Å². The molecule has 0 spiro atoms. The number of aryl methyl sites for hydroxylation is 2. The lowest BCUT2D eigenvalue weighted by Crippen LogP contribution is -2.22. The molecule has 2 aliphatic heterocycles. The fourth-order valence-corrected chi connectivity index (χ4v) is 4.88. The number of fused-ring (bicyclic) bond motifs is 10. The predicted molar refractivity (Wildman–Crippen MR) is 145 cm³/mol. The van der Waals surface area contributed by atoms with E-state index in [0.717, 1.165) is 27.6 Å². The normalized spacial score (nSPS) is 18.3. The second kappa shape index (κ2) is 10.3. The molecule has 1 amide bonds. The van der Waals surface area contributed by atoms with Gasteiger partial charge in [0, 0.05) is 35.3 Å². The van der Waals surface area contributed by atoms with E-state index >= 15 is 0 Å².